The number of anilines is 1. The molecule has 0 atom stereocenters. The third-order valence-corrected chi connectivity index (χ3v) is 2.16. The average Bonchev–Trinajstić information content (AvgIpc) is 2.28. The second-order valence-corrected chi connectivity index (χ2v) is 3.51. The van der Waals surface area contributed by atoms with Crippen LogP contribution in [-0.2, 0) is 0 Å². The Labute approximate surface area is 101 Å². The Kier molecular flexibility index (Phi) is 3.18. The van der Waals surface area contributed by atoms with Crippen LogP contribution in [-0.4, -0.2) is 16.0 Å². The third kappa shape index (κ3) is 2.60. The van der Waals surface area contributed by atoms with Crippen LogP contribution >= 0.6 is 0 Å². The molecule has 0 radical (unpaired) electrons. The fourth-order valence-electron chi connectivity index (χ4n) is 1.37. The summed E-state index contributed by atoms with van der Waals surface area (Å²) < 4.78 is 26.2. The first kappa shape index (κ1) is 12.0. The quantitative estimate of drug-likeness (QED) is 0.859. The number of benzene rings is 1. The number of carbonyl (C=O) groups excluding carboxylic acids is 1. The zero-order valence-electron chi connectivity index (χ0n) is 9.02. The lowest BCUT2D eigenvalue weighted by molar-refractivity contribution is 0.102. The predicted molar refractivity (Wildman–Crippen MR) is 60.2 cm³/mol. The van der Waals surface area contributed by atoms with Crippen molar-refractivity contribution in [2.24, 2.45) is 0 Å². The van der Waals surface area contributed by atoms with Gasteiger partial charge in [-0.1, -0.05) is 0 Å². The summed E-state index contributed by atoms with van der Waals surface area (Å²) in [5, 5.41) is 11.3. The Morgan fingerprint density at radius 2 is 2.00 bits per heavy atom. The SMILES string of the molecule is O=C(Nc1cncc(F)c1)c1ccc(O)cc1F. The lowest BCUT2D eigenvalue weighted by atomic mass is 10.2. The molecule has 18 heavy (non-hydrogen) atoms. The number of hydrogen-bond donors (Lipinski definition) is 2. The molecule has 0 saturated carbocycles. The first-order valence-electron chi connectivity index (χ1n) is 4.96. The van der Waals surface area contributed by atoms with Crippen molar-refractivity contribution in [1.82, 2.24) is 4.98 Å². The van der Waals surface area contributed by atoms with Crippen molar-refractivity contribution in [3.63, 3.8) is 0 Å². The highest BCUT2D eigenvalue weighted by Crippen LogP contribution is 2.16. The Morgan fingerprint density at radius 3 is 2.67 bits per heavy atom. The zero-order chi connectivity index (χ0) is 13.1. The van der Waals surface area contributed by atoms with Crippen molar-refractivity contribution in [3.05, 3.63) is 53.9 Å². The summed E-state index contributed by atoms with van der Waals surface area (Å²) in [7, 11) is 0. The Morgan fingerprint density at radius 1 is 1.22 bits per heavy atom. The van der Waals surface area contributed by atoms with E-state index in [-0.39, 0.29) is 17.0 Å². The van der Waals surface area contributed by atoms with Gasteiger partial charge in [0.1, 0.15) is 17.4 Å². The van der Waals surface area contributed by atoms with Gasteiger partial charge in [-0.2, -0.15) is 0 Å². The number of amides is 1. The maximum Gasteiger partial charge on any atom is 0.258 e. The lowest BCUT2D eigenvalue weighted by Gasteiger charge is -2.05. The van der Waals surface area contributed by atoms with Gasteiger partial charge in [0.15, 0.2) is 0 Å². The maximum atomic E-state index is 13.4. The molecule has 0 spiro atoms. The zero-order valence-corrected chi connectivity index (χ0v) is 9.02. The highest BCUT2D eigenvalue weighted by Gasteiger charge is 2.12. The number of phenolic OH excluding ortho intramolecular Hbond substituents is 1. The number of phenols is 1. The minimum absolute atomic E-state index is 0.118. The molecule has 1 aromatic heterocycles. The summed E-state index contributed by atoms with van der Waals surface area (Å²) in [4.78, 5) is 15.2. The van der Waals surface area contributed by atoms with Crippen molar-refractivity contribution in [1.29, 1.82) is 0 Å². The van der Waals surface area contributed by atoms with Crippen LogP contribution in [0.15, 0.2) is 36.7 Å². The van der Waals surface area contributed by atoms with Gasteiger partial charge in [-0.05, 0) is 12.1 Å². The first-order valence-corrected chi connectivity index (χ1v) is 4.96. The van der Waals surface area contributed by atoms with Crippen LogP contribution in [0.2, 0.25) is 0 Å². The predicted octanol–water partition coefficient (Wildman–Crippen LogP) is 2.32. The third-order valence-electron chi connectivity index (χ3n) is 2.16. The summed E-state index contributed by atoms with van der Waals surface area (Å²) in [5.74, 6) is -2.51. The summed E-state index contributed by atoms with van der Waals surface area (Å²) in [5.41, 5.74) is -0.135. The van der Waals surface area contributed by atoms with E-state index in [2.05, 4.69) is 10.3 Å². The van der Waals surface area contributed by atoms with Crippen LogP contribution in [0, 0.1) is 11.6 Å². The fourth-order valence-corrected chi connectivity index (χ4v) is 1.37. The van der Waals surface area contributed by atoms with E-state index in [4.69, 9.17) is 5.11 Å². The van der Waals surface area contributed by atoms with Gasteiger partial charge >= 0.3 is 0 Å². The molecule has 92 valence electrons. The number of nitrogens with zero attached hydrogens (tertiary/aromatic N) is 1. The van der Waals surface area contributed by atoms with E-state index in [1.54, 1.807) is 0 Å². The molecule has 2 rings (SSSR count). The summed E-state index contributed by atoms with van der Waals surface area (Å²) in [6.45, 7) is 0. The number of pyridine rings is 1. The van der Waals surface area contributed by atoms with E-state index in [9.17, 15) is 13.6 Å². The van der Waals surface area contributed by atoms with E-state index in [0.717, 1.165) is 24.4 Å². The van der Waals surface area contributed by atoms with Crippen molar-refractivity contribution < 1.29 is 18.7 Å². The van der Waals surface area contributed by atoms with Crippen LogP contribution in [0.3, 0.4) is 0 Å². The average molecular weight is 250 g/mol. The van der Waals surface area contributed by atoms with Crippen LogP contribution in [0.25, 0.3) is 0 Å². The summed E-state index contributed by atoms with van der Waals surface area (Å²) in [6, 6.07) is 4.19. The molecule has 0 bridgehead atoms. The Balaban J connectivity index is 2.22. The second kappa shape index (κ2) is 4.79. The molecule has 0 aliphatic rings. The largest absolute Gasteiger partial charge is 0.508 e. The molecule has 1 heterocycles. The van der Waals surface area contributed by atoms with Gasteiger partial charge in [-0.3, -0.25) is 9.78 Å². The van der Waals surface area contributed by atoms with E-state index in [0.29, 0.717) is 0 Å². The van der Waals surface area contributed by atoms with Crippen molar-refractivity contribution in [3.8, 4) is 5.75 Å². The molecule has 1 aromatic carbocycles. The number of nitrogens with one attached hydrogen (secondary N) is 1. The number of rotatable bonds is 2. The molecule has 2 aromatic rings. The molecular weight excluding hydrogens is 242 g/mol. The maximum absolute atomic E-state index is 13.4. The van der Waals surface area contributed by atoms with Crippen LogP contribution in [0.4, 0.5) is 14.5 Å². The Bertz CT molecular complexity index is 602. The van der Waals surface area contributed by atoms with Gasteiger partial charge in [-0.15, -0.1) is 0 Å². The van der Waals surface area contributed by atoms with Gasteiger partial charge < -0.3 is 10.4 Å². The molecule has 0 saturated heterocycles. The molecule has 4 nitrogen and oxygen atoms in total. The Hall–Kier alpha value is -2.50. The highest BCUT2D eigenvalue weighted by molar-refractivity contribution is 6.04. The molecule has 2 N–H and O–H groups in total. The van der Waals surface area contributed by atoms with Gasteiger partial charge in [0.2, 0.25) is 0 Å². The van der Waals surface area contributed by atoms with Gasteiger partial charge in [0, 0.05) is 12.1 Å². The van der Waals surface area contributed by atoms with E-state index < -0.39 is 17.5 Å². The molecule has 0 aliphatic heterocycles. The minimum atomic E-state index is -0.864. The molecule has 1 amide bonds. The minimum Gasteiger partial charge on any atom is -0.508 e. The van der Waals surface area contributed by atoms with Crippen LogP contribution < -0.4 is 5.32 Å². The van der Waals surface area contributed by atoms with E-state index in [1.807, 2.05) is 0 Å². The van der Waals surface area contributed by atoms with Crippen molar-refractivity contribution in [2.75, 3.05) is 5.32 Å². The van der Waals surface area contributed by atoms with Crippen LogP contribution in [0.5, 0.6) is 5.75 Å². The normalized spacial score (nSPS) is 10.1. The van der Waals surface area contributed by atoms with Gasteiger partial charge in [-0.25, -0.2) is 8.78 Å². The second-order valence-electron chi connectivity index (χ2n) is 3.51. The number of hydrogen-bond acceptors (Lipinski definition) is 3. The number of carbonyl (C=O) groups is 1. The van der Waals surface area contributed by atoms with E-state index >= 15 is 0 Å². The van der Waals surface area contributed by atoms with Gasteiger partial charge in [0.05, 0.1) is 23.6 Å². The smallest absolute Gasteiger partial charge is 0.258 e. The fraction of sp³-hybridized carbons (Fsp3) is 0. The topological polar surface area (TPSA) is 62.2 Å². The highest BCUT2D eigenvalue weighted by atomic mass is 19.1. The summed E-state index contributed by atoms with van der Waals surface area (Å²) in [6.07, 6.45) is 2.22. The number of aromatic nitrogens is 1. The standard InChI is InChI=1S/C12H8F2N2O2/c13-7-3-8(6-15-5-7)16-12(18)10-2-1-9(17)4-11(10)14/h1-6,17H,(H,16,18). The molecule has 6 heteroatoms. The lowest BCUT2D eigenvalue weighted by Crippen LogP contribution is -2.13. The summed E-state index contributed by atoms with van der Waals surface area (Å²) >= 11 is 0. The number of halogens is 2. The monoisotopic (exact) mass is 250 g/mol. The molecule has 0 unspecified atom stereocenters. The molecule has 0 aliphatic carbocycles. The first-order chi connectivity index (χ1) is 8.56. The molecule has 0 fully saturated rings. The molecular formula is C12H8F2N2O2. The number of aromatic hydroxyl groups is 1. The van der Waals surface area contributed by atoms with Gasteiger partial charge in [0.25, 0.3) is 5.91 Å². The van der Waals surface area contributed by atoms with Crippen molar-refractivity contribution >= 4 is 11.6 Å². The van der Waals surface area contributed by atoms with E-state index in [1.165, 1.54) is 12.3 Å². The van der Waals surface area contributed by atoms with Crippen LogP contribution in [0.1, 0.15) is 10.4 Å². The van der Waals surface area contributed by atoms with Crippen molar-refractivity contribution in [2.45, 2.75) is 0 Å².